The van der Waals surface area contributed by atoms with Crippen LogP contribution < -0.4 is 4.90 Å². The average Bonchev–Trinajstić information content (AvgIpc) is 3.17. The van der Waals surface area contributed by atoms with Crippen molar-refractivity contribution in [1.29, 1.82) is 0 Å². The molecular weight excluding hydrogens is 406 g/mol. The molecule has 5 nitrogen and oxygen atoms in total. The maximum atomic E-state index is 6.28. The maximum absolute atomic E-state index is 6.28. The highest BCUT2D eigenvalue weighted by atomic mass is 35.5. The summed E-state index contributed by atoms with van der Waals surface area (Å²) in [4.78, 5) is 12.2. The van der Waals surface area contributed by atoms with Crippen molar-refractivity contribution in [3.63, 3.8) is 0 Å². The first-order valence-electron chi connectivity index (χ1n) is 10.0. The number of thiophene rings is 1. The number of benzene rings is 1. The van der Waals surface area contributed by atoms with Gasteiger partial charge >= 0.3 is 0 Å². The monoisotopic (exact) mass is 431 g/mol. The molecule has 0 N–H and O–H groups in total. The highest BCUT2D eigenvalue weighted by Gasteiger charge is 2.20. The molecule has 0 fully saturated rings. The zero-order valence-electron chi connectivity index (χ0n) is 16.9. The molecule has 7 heteroatoms. The summed E-state index contributed by atoms with van der Waals surface area (Å²) in [6, 6.07) is 6.87. The summed E-state index contributed by atoms with van der Waals surface area (Å²) < 4.78 is 10.6. The molecule has 0 saturated heterocycles. The topological polar surface area (TPSA) is 47.5 Å². The number of anilines is 1. The zero-order chi connectivity index (χ0) is 20.2. The molecule has 29 heavy (non-hydrogen) atoms. The summed E-state index contributed by atoms with van der Waals surface area (Å²) in [6.07, 6.45) is 4.91. The lowest BCUT2D eigenvalue weighted by Crippen LogP contribution is -2.31. The number of aromatic nitrogens is 2. The van der Waals surface area contributed by atoms with Crippen LogP contribution in [0.25, 0.3) is 21.3 Å². The van der Waals surface area contributed by atoms with E-state index in [-0.39, 0.29) is 5.28 Å². The third-order valence-corrected chi connectivity index (χ3v) is 6.52. The second kappa shape index (κ2) is 9.39. The Morgan fingerprint density at radius 3 is 2.48 bits per heavy atom. The molecule has 154 valence electrons. The summed E-state index contributed by atoms with van der Waals surface area (Å²) in [5, 5.41) is 3.50. The SMILES string of the molecule is COCCN(CCOC)c1nc(Cl)nc2scc(-c3ccc4c(c3)CCCC4)c12. The van der Waals surface area contributed by atoms with Crippen molar-refractivity contribution < 1.29 is 9.47 Å². The van der Waals surface area contributed by atoms with Crippen LogP contribution in [0.2, 0.25) is 5.28 Å². The van der Waals surface area contributed by atoms with E-state index in [1.807, 2.05) is 0 Å². The first-order chi connectivity index (χ1) is 14.2. The number of methoxy groups -OCH3 is 2. The molecule has 0 spiro atoms. The Kier molecular flexibility index (Phi) is 6.65. The van der Waals surface area contributed by atoms with Gasteiger partial charge in [0.2, 0.25) is 5.28 Å². The number of nitrogens with zero attached hydrogens (tertiary/aromatic N) is 3. The Balaban J connectivity index is 1.81. The van der Waals surface area contributed by atoms with Gasteiger partial charge in [0.1, 0.15) is 10.6 Å². The van der Waals surface area contributed by atoms with Crippen LogP contribution in [0.1, 0.15) is 24.0 Å². The average molecular weight is 432 g/mol. The molecule has 4 rings (SSSR count). The number of halogens is 1. The van der Waals surface area contributed by atoms with Gasteiger partial charge in [-0.2, -0.15) is 4.98 Å². The second-order valence-corrected chi connectivity index (χ2v) is 8.51. The molecule has 0 saturated carbocycles. The largest absolute Gasteiger partial charge is 0.383 e. The number of hydrogen-bond acceptors (Lipinski definition) is 6. The van der Waals surface area contributed by atoms with Gasteiger partial charge in [-0.25, -0.2) is 4.98 Å². The summed E-state index contributed by atoms with van der Waals surface area (Å²) in [6.45, 7) is 2.62. The van der Waals surface area contributed by atoms with Crippen molar-refractivity contribution in [2.75, 3.05) is 45.4 Å². The Bertz CT molecular complexity index is 984. The predicted molar refractivity (Wildman–Crippen MR) is 120 cm³/mol. The number of aryl methyl sites for hydroxylation is 2. The molecule has 3 aromatic rings. The van der Waals surface area contributed by atoms with Gasteiger partial charge in [-0.3, -0.25) is 0 Å². The van der Waals surface area contributed by atoms with Crippen LogP contribution in [0.4, 0.5) is 5.82 Å². The number of fused-ring (bicyclic) bond motifs is 2. The first kappa shape index (κ1) is 20.5. The van der Waals surface area contributed by atoms with Gasteiger partial charge in [-0.1, -0.05) is 18.2 Å². The van der Waals surface area contributed by atoms with Crippen LogP contribution in [0.3, 0.4) is 0 Å². The van der Waals surface area contributed by atoms with Gasteiger partial charge in [0.15, 0.2) is 0 Å². The van der Waals surface area contributed by atoms with E-state index in [1.54, 1.807) is 25.6 Å². The fourth-order valence-electron chi connectivity index (χ4n) is 3.97. The third-order valence-electron chi connectivity index (χ3n) is 5.48. The van der Waals surface area contributed by atoms with Gasteiger partial charge in [0, 0.05) is 38.3 Å². The Morgan fingerprint density at radius 2 is 1.76 bits per heavy atom. The predicted octanol–water partition coefficient (Wildman–Crippen LogP) is 4.99. The normalized spacial score (nSPS) is 13.6. The van der Waals surface area contributed by atoms with Crippen molar-refractivity contribution in [2.45, 2.75) is 25.7 Å². The molecule has 2 aromatic heterocycles. The summed E-state index contributed by atoms with van der Waals surface area (Å²) in [5.41, 5.74) is 5.36. The molecular formula is C22H26ClN3O2S. The Labute approximate surface area is 180 Å². The Morgan fingerprint density at radius 1 is 1.03 bits per heavy atom. The standard InChI is InChI=1S/C22H26ClN3O2S/c1-27-11-9-26(10-12-28-2)20-19-18(14-29-21(19)25-22(23)24-20)17-8-7-15-5-3-4-6-16(15)13-17/h7-8,13-14H,3-6,9-12H2,1-2H3. The fourth-order valence-corrected chi connectivity index (χ4v) is 5.12. The molecule has 2 heterocycles. The van der Waals surface area contributed by atoms with Gasteiger partial charge in [0.05, 0.1) is 18.6 Å². The first-order valence-corrected chi connectivity index (χ1v) is 11.3. The van der Waals surface area contributed by atoms with Gasteiger partial charge in [-0.05, 0) is 54.0 Å². The maximum Gasteiger partial charge on any atom is 0.225 e. The van der Waals surface area contributed by atoms with Crippen molar-refractivity contribution in [1.82, 2.24) is 9.97 Å². The molecule has 1 aliphatic rings. The van der Waals surface area contributed by atoms with E-state index in [9.17, 15) is 0 Å². The molecule has 0 amide bonds. The fraction of sp³-hybridized carbons (Fsp3) is 0.455. The number of hydrogen-bond donors (Lipinski definition) is 0. The smallest absolute Gasteiger partial charge is 0.225 e. The summed E-state index contributed by atoms with van der Waals surface area (Å²) in [5.74, 6) is 0.850. The van der Waals surface area contributed by atoms with Crippen molar-refractivity contribution in [2.24, 2.45) is 0 Å². The second-order valence-electron chi connectivity index (χ2n) is 7.31. The Hall–Kier alpha value is -1.73. The van der Waals surface area contributed by atoms with E-state index in [4.69, 9.17) is 21.1 Å². The van der Waals surface area contributed by atoms with E-state index in [0.29, 0.717) is 26.3 Å². The highest BCUT2D eigenvalue weighted by molar-refractivity contribution is 7.17. The van der Waals surface area contributed by atoms with Crippen molar-refractivity contribution in [3.05, 3.63) is 40.0 Å². The molecule has 1 aromatic carbocycles. The van der Waals surface area contributed by atoms with Crippen LogP contribution in [0.15, 0.2) is 23.6 Å². The van der Waals surface area contributed by atoms with Crippen LogP contribution in [0.5, 0.6) is 0 Å². The molecule has 0 bridgehead atoms. The number of ether oxygens (including phenoxy) is 2. The molecule has 0 radical (unpaired) electrons. The van der Waals surface area contributed by atoms with Crippen LogP contribution in [-0.4, -0.2) is 50.5 Å². The lowest BCUT2D eigenvalue weighted by molar-refractivity contribution is 0.190. The lowest BCUT2D eigenvalue weighted by Gasteiger charge is -2.24. The minimum atomic E-state index is 0.270. The minimum absolute atomic E-state index is 0.270. The van der Waals surface area contributed by atoms with Gasteiger partial charge in [0.25, 0.3) is 0 Å². The van der Waals surface area contributed by atoms with E-state index < -0.39 is 0 Å². The molecule has 0 aliphatic heterocycles. The summed E-state index contributed by atoms with van der Waals surface area (Å²) in [7, 11) is 3.42. The van der Waals surface area contributed by atoms with Gasteiger partial charge < -0.3 is 14.4 Å². The number of rotatable bonds is 8. The van der Waals surface area contributed by atoms with E-state index >= 15 is 0 Å². The third kappa shape index (κ3) is 4.40. The molecule has 0 atom stereocenters. The molecule has 1 aliphatic carbocycles. The quantitative estimate of drug-likeness (QED) is 0.470. The minimum Gasteiger partial charge on any atom is -0.383 e. The molecule has 0 unspecified atom stereocenters. The van der Waals surface area contributed by atoms with E-state index in [2.05, 4.69) is 38.4 Å². The van der Waals surface area contributed by atoms with Crippen molar-refractivity contribution >= 4 is 39.0 Å². The van der Waals surface area contributed by atoms with Gasteiger partial charge in [-0.15, -0.1) is 11.3 Å². The van der Waals surface area contributed by atoms with E-state index in [1.165, 1.54) is 41.5 Å². The van der Waals surface area contributed by atoms with Crippen LogP contribution in [-0.2, 0) is 22.3 Å². The van der Waals surface area contributed by atoms with Crippen LogP contribution in [0, 0.1) is 0 Å². The van der Waals surface area contributed by atoms with Crippen molar-refractivity contribution in [3.8, 4) is 11.1 Å². The zero-order valence-corrected chi connectivity index (χ0v) is 18.5. The summed E-state index contributed by atoms with van der Waals surface area (Å²) >= 11 is 7.90. The van der Waals surface area contributed by atoms with Crippen LogP contribution >= 0.6 is 22.9 Å². The lowest BCUT2D eigenvalue weighted by atomic mass is 9.89. The highest BCUT2D eigenvalue weighted by Crippen LogP contribution is 2.40. The van der Waals surface area contributed by atoms with E-state index in [0.717, 1.165) is 22.5 Å².